The lowest BCUT2D eigenvalue weighted by Gasteiger charge is -2.22. The maximum absolute atomic E-state index is 13.7. The number of halogens is 1. The molecule has 0 spiro atoms. The molecule has 1 aromatic carbocycles. The van der Waals surface area contributed by atoms with E-state index in [9.17, 15) is 14.3 Å². The van der Waals surface area contributed by atoms with E-state index in [-0.39, 0.29) is 5.69 Å². The molecule has 1 aliphatic rings. The van der Waals surface area contributed by atoms with Crippen molar-refractivity contribution in [2.75, 3.05) is 5.32 Å². The number of hydrogen-bond donors (Lipinski definition) is 2. The van der Waals surface area contributed by atoms with Crippen LogP contribution in [-0.2, 0) is 5.60 Å². The van der Waals surface area contributed by atoms with Crippen molar-refractivity contribution in [1.29, 1.82) is 0 Å². The molecule has 3 aromatic rings. The summed E-state index contributed by atoms with van der Waals surface area (Å²) in [5, 5.41) is 14.6. The van der Waals surface area contributed by atoms with E-state index in [2.05, 4.69) is 10.3 Å². The second kappa shape index (κ2) is 8.04. The molecule has 0 saturated heterocycles. The molecular formula is C23H26FN3O2S. The molecule has 2 N–H and O–H groups in total. The van der Waals surface area contributed by atoms with Gasteiger partial charge in [0.1, 0.15) is 11.5 Å². The van der Waals surface area contributed by atoms with Crippen molar-refractivity contribution in [3.8, 4) is 0 Å². The van der Waals surface area contributed by atoms with Gasteiger partial charge in [0.2, 0.25) is 0 Å². The molecule has 0 radical (unpaired) electrons. The Balaban J connectivity index is 1.72. The van der Waals surface area contributed by atoms with Gasteiger partial charge in [-0.15, -0.1) is 11.3 Å². The third-order valence-corrected chi connectivity index (χ3v) is 6.74. The Morgan fingerprint density at radius 1 is 1.17 bits per heavy atom. The lowest BCUT2D eigenvalue weighted by molar-refractivity contribution is 0.0794. The topological polar surface area (TPSA) is 75.1 Å². The molecule has 1 aliphatic carbocycles. The van der Waals surface area contributed by atoms with Gasteiger partial charge < -0.3 is 10.4 Å². The number of benzene rings is 1. The second-order valence-corrected chi connectivity index (χ2v) is 9.64. The highest BCUT2D eigenvalue weighted by Gasteiger charge is 2.25. The van der Waals surface area contributed by atoms with Crippen molar-refractivity contribution in [2.24, 2.45) is 0 Å². The van der Waals surface area contributed by atoms with E-state index >= 15 is 0 Å². The summed E-state index contributed by atoms with van der Waals surface area (Å²) >= 11 is 1.65. The Hall–Kier alpha value is -2.38. The molecule has 4 rings (SSSR count). The molecule has 0 aliphatic heterocycles. The van der Waals surface area contributed by atoms with Crippen LogP contribution in [0.25, 0.3) is 10.2 Å². The number of fused-ring (bicyclic) bond motifs is 1. The molecule has 1 amide bonds. The van der Waals surface area contributed by atoms with Crippen molar-refractivity contribution in [1.82, 2.24) is 9.97 Å². The van der Waals surface area contributed by atoms with Crippen LogP contribution >= 0.6 is 11.3 Å². The van der Waals surface area contributed by atoms with Crippen molar-refractivity contribution in [3.63, 3.8) is 0 Å². The van der Waals surface area contributed by atoms with Crippen LogP contribution in [0.15, 0.2) is 24.3 Å². The van der Waals surface area contributed by atoms with Crippen LogP contribution in [0, 0.1) is 12.7 Å². The van der Waals surface area contributed by atoms with E-state index in [1.54, 1.807) is 32.1 Å². The lowest BCUT2D eigenvalue weighted by Crippen LogP contribution is -2.21. The summed E-state index contributed by atoms with van der Waals surface area (Å²) in [6, 6.07) is 6.09. The standard InChI is InChI=1S/C23H26FN3O2S/c1-13-9-15(24)10-19(25-13)21(28)26-17-12-20-18(11-16(17)23(2,3)29)27-22(30-20)14-7-5-4-6-8-14/h9-12,14,29H,4-8H2,1-3H3,(H,26,28). The fourth-order valence-corrected chi connectivity index (χ4v) is 5.21. The maximum Gasteiger partial charge on any atom is 0.274 e. The number of carbonyl (C=O) groups excluding carboxylic acids is 1. The number of amides is 1. The largest absolute Gasteiger partial charge is 0.386 e. The number of aliphatic hydroxyl groups is 1. The Morgan fingerprint density at radius 2 is 1.90 bits per heavy atom. The molecule has 7 heteroatoms. The van der Waals surface area contributed by atoms with Gasteiger partial charge in [0.15, 0.2) is 0 Å². The number of thiazole rings is 1. The van der Waals surface area contributed by atoms with E-state index in [4.69, 9.17) is 4.98 Å². The Kier molecular flexibility index (Phi) is 5.59. The number of aryl methyl sites for hydroxylation is 1. The molecule has 0 bridgehead atoms. The molecule has 2 heterocycles. The molecule has 0 unspecified atom stereocenters. The molecule has 0 atom stereocenters. The van der Waals surface area contributed by atoms with Gasteiger partial charge in [0, 0.05) is 28.9 Å². The number of aromatic nitrogens is 2. The average molecular weight is 428 g/mol. The Morgan fingerprint density at radius 3 is 2.57 bits per heavy atom. The monoisotopic (exact) mass is 427 g/mol. The third-order valence-electron chi connectivity index (χ3n) is 5.56. The molecular weight excluding hydrogens is 401 g/mol. The van der Waals surface area contributed by atoms with Gasteiger partial charge in [0.25, 0.3) is 5.91 Å². The van der Waals surface area contributed by atoms with Crippen LogP contribution in [0.3, 0.4) is 0 Å². The number of anilines is 1. The predicted octanol–water partition coefficient (Wildman–Crippen LogP) is 5.67. The Labute approximate surface area is 179 Å². The smallest absolute Gasteiger partial charge is 0.274 e. The van der Waals surface area contributed by atoms with Gasteiger partial charge in [0.05, 0.1) is 20.8 Å². The number of nitrogens with zero attached hydrogens (tertiary/aromatic N) is 2. The zero-order valence-electron chi connectivity index (χ0n) is 17.5. The van der Waals surface area contributed by atoms with E-state index in [0.717, 1.165) is 34.1 Å². The zero-order valence-corrected chi connectivity index (χ0v) is 18.3. The summed E-state index contributed by atoms with van der Waals surface area (Å²) in [4.78, 5) is 21.7. The summed E-state index contributed by atoms with van der Waals surface area (Å²) in [7, 11) is 0. The minimum absolute atomic E-state index is 0.00138. The first kappa shape index (κ1) is 20.9. The van der Waals surface area contributed by atoms with Crippen LogP contribution in [0.2, 0.25) is 0 Å². The molecule has 1 fully saturated rings. The minimum Gasteiger partial charge on any atom is -0.386 e. The summed E-state index contributed by atoms with van der Waals surface area (Å²) < 4.78 is 14.7. The fraction of sp³-hybridized carbons (Fsp3) is 0.435. The first-order chi connectivity index (χ1) is 14.2. The van der Waals surface area contributed by atoms with Crippen molar-refractivity contribution in [3.05, 3.63) is 52.0 Å². The van der Waals surface area contributed by atoms with Crippen LogP contribution in [0.4, 0.5) is 10.1 Å². The lowest BCUT2D eigenvalue weighted by atomic mass is 9.90. The van der Waals surface area contributed by atoms with Gasteiger partial charge in [-0.1, -0.05) is 19.3 Å². The van der Waals surface area contributed by atoms with E-state index in [1.165, 1.54) is 25.3 Å². The van der Waals surface area contributed by atoms with Gasteiger partial charge in [-0.05, 0) is 51.8 Å². The highest BCUT2D eigenvalue weighted by atomic mass is 32.1. The Bertz CT molecular complexity index is 1080. The molecule has 5 nitrogen and oxygen atoms in total. The number of pyridine rings is 1. The maximum atomic E-state index is 13.7. The zero-order chi connectivity index (χ0) is 21.5. The molecule has 2 aromatic heterocycles. The van der Waals surface area contributed by atoms with Gasteiger partial charge in [-0.25, -0.2) is 14.4 Å². The summed E-state index contributed by atoms with van der Waals surface area (Å²) in [5.74, 6) is -0.538. The quantitative estimate of drug-likeness (QED) is 0.563. The summed E-state index contributed by atoms with van der Waals surface area (Å²) in [5.41, 5.74) is 1.13. The first-order valence-electron chi connectivity index (χ1n) is 10.3. The summed E-state index contributed by atoms with van der Waals surface area (Å²) in [6.07, 6.45) is 6.07. The van der Waals surface area contributed by atoms with Crippen LogP contribution < -0.4 is 5.32 Å². The van der Waals surface area contributed by atoms with Crippen LogP contribution in [0.5, 0.6) is 0 Å². The van der Waals surface area contributed by atoms with Gasteiger partial charge in [-0.3, -0.25) is 4.79 Å². The van der Waals surface area contributed by atoms with Crippen LogP contribution in [0.1, 0.15) is 78.6 Å². The minimum atomic E-state index is -1.18. The number of rotatable bonds is 4. The second-order valence-electron chi connectivity index (χ2n) is 8.58. The normalized spacial score (nSPS) is 15.5. The third kappa shape index (κ3) is 4.37. The van der Waals surface area contributed by atoms with E-state index in [0.29, 0.717) is 22.9 Å². The van der Waals surface area contributed by atoms with Gasteiger partial charge >= 0.3 is 0 Å². The molecule has 1 saturated carbocycles. The molecule has 158 valence electrons. The SMILES string of the molecule is Cc1cc(F)cc(C(=O)Nc2cc3sc(C4CCCCC4)nc3cc2C(C)(C)O)n1. The van der Waals surface area contributed by atoms with Crippen molar-refractivity contribution >= 4 is 33.1 Å². The van der Waals surface area contributed by atoms with E-state index < -0.39 is 17.3 Å². The average Bonchev–Trinajstić information content (AvgIpc) is 3.09. The van der Waals surface area contributed by atoms with Crippen molar-refractivity contribution in [2.45, 2.75) is 64.4 Å². The molecule has 30 heavy (non-hydrogen) atoms. The van der Waals surface area contributed by atoms with Gasteiger partial charge in [-0.2, -0.15) is 0 Å². The number of nitrogens with one attached hydrogen (secondary N) is 1. The summed E-state index contributed by atoms with van der Waals surface area (Å²) in [6.45, 7) is 4.98. The van der Waals surface area contributed by atoms with Crippen LogP contribution in [-0.4, -0.2) is 21.0 Å². The predicted molar refractivity (Wildman–Crippen MR) is 118 cm³/mol. The van der Waals surface area contributed by atoms with E-state index in [1.807, 2.05) is 12.1 Å². The first-order valence-corrected chi connectivity index (χ1v) is 11.2. The fourth-order valence-electron chi connectivity index (χ4n) is 4.05. The number of hydrogen-bond acceptors (Lipinski definition) is 5. The highest BCUT2D eigenvalue weighted by molar-refractivity contribution is 7.18. The van der Waals surface area contributed by atoms with Crippen molar-refractivity contribution < 1.29 is 14.3 Å². The number of carbonyl (C=O) groups is 1. The highest BCUT2D eigenvalue weighted by Crippen LogP contribution is 2.39.